The van der Waals surface area contributed by atoms with Gasteiger partial charge in [-0.3, -0.25) is 4.79 Å². The van der Waals surface area contributed by atoms with Crippen molar-refractivity contribution in [3.8, 4) is 0 Å². The van der Waals surface area contributed by atoms with Crippen LogP contribution < -0.4 is 10.6 Å². The molecule has 0 bridgehead atoms. The summed E-state index contributed by atoms with van der Waals surface area (Å²) in [6.45, 7) is 10.5. The molecule has 164 valence electrons. The molecule has 0 saturated heterocycles. The van der Waals surface area contributed by atoms with Gasteiger partial charge in [-0.15, -0.1) is 0 Å². The van der Waals surface area contributed by atoms with Crippen LogP contribution in [0.15, 0.2) is 53.4 Å². The molecule has 0 aliphatic rings. The van der Waals surface area contributed by atoms with E-state index in [-0.39, 0.29) is 18.0 Å². The Kier molecular flexibility index (Phi) is 8.58. The fourth-order valence-electron chi connectivity index (χ4n) is 3.37. The summed E-state index contributed by atoms with van der Waals surface area (Å²) in [5.74, 6) is -0.0631. The lowest BCUT2D eigenvalue weighted by atomic mass is 10.1. The van der Waals surface area contributed by atoms with Crippen LogP contribution in [0.3, 0.4) is 0 Å². The fourth-order valence-corrected chi connectivity index (χ4v) is 4.83. The van der Waals surface area contributed by atoms with Crippen molar-refractivity contribution in [1.82, 2.24) is 4.31 Å². The Balaban J connectivity index is 2.00. The summed E-state index contributed by atoms with van der Waals surface area (Å²) in [6, 6.07) is 14.5. The van der Waals surface area contributed by atoms with Gasteiger partial charge in [-0.25, -0.2) is 8.42 Å². The molecule has 0 fully saturated rings. The van der Waals surface area contributed by atoms with E-state index in [2.05, 4.69) is 12.2 Å². The molecule has 0 aliphatic carbocycles. The number of benzene rings is 2. The van der Waals surface area contributed by atoms with Gasteiger partial charge in [0.1, 0.15) is 6.04 Å². The summed E-state index contributed by atoms with van der Waals surface area (Å²) in [4.78, 5) is 12.8. The zero-order chi connectivity index (χ0) is 22.3. The van der Waals surface area contributed by atoms with E-state index in [1.165, 1.54) is 9.87 Å². The molecule has 2 aromatic rings. The average molecular weight is 433 g/mol. The van der Waals surface area contributed by atoms with E-state index < -0.39 is 10.0 Å². The molecular weight excluding hydrogens is 398 g/mol. The van der Waals surface area contributed by atoms with Crippen molar-refractivity contribution in [2.45, 2.75) is 58.0 Å². The molecular formula is C23H34N3O3S+. The van der Waals surface area contributed by atoms with Crippen molar-refractivity contribution in [2.24, 2.45) is 0 Å². The third-order valence-corrected chi connectivity index (χ3v) is 7.43. The van der Waals surface area contributed by atoms with E-state index >= 15 is 0 Å². The number of rotatable bonds is 10. The highest BCUT2D eigenvalue weighted by Crippen LogP contribution is 2.18. The normalized spacial score (nSPS) is 13.8. The summed E-state index contributed by atoms with van der Waals surface area (Å²) in [6.07, 6.45) is 0.963. The lowest BCUT2D eigenvalue weighted by Crippen LogP contribution is -2.91. The third kappa shape index (κ3) is 5.90. The first-order valence-corrected chi connectivity index (χ1v) is 12.0. The Morgan fingerprint density at radius 1 is 0.967 bits per heavy atom. The van der Waals surface area contributed by atoms with Crippen LogP contribution >= 0.6 is 0 Å². The van der Waals surface area contributed by atoms with Crippen LogP contribution in [0.5, 0.6) is 0 Å². The van der Waals surface area contributed by atoms with Crippen molar-refractivity contribution in [2.75, 3.05) is 18.4 Å². The quantitative estimate of drug-likeness (QED) is 0.606. The van der Waals surface area contributed by atoms with E-state index in [9.17, 15) is 13.2 Å². The van der Waals surface area contributed by atoms with Gasteiger partial charge in [0.15, 0.2) is 6.04 Å². The lowest BCUT2D eigenvalue weighted by molar-refractivity contribution is -0.709. The Bertz CT molecular complexity index is 921. The maximum Gasteiger partial charge on any atom is 0.282 e. The molecule has 0 radical (unpaired) electrons. The van der Waals surface area contributed by atoms with Gasteiger partial charge in [0, 0.05) is 24.3 Å². The number of amides is 1. The van der Waals surface area contributed by atoms with Crippen LogP contribution in [0.4, 0.5) is 5.69 Å². The third-order valence-electron chi connectivity index (χ3n) is 5.37. The second kappa shape index (κ2) is 10.7. The van der Waals surface area contributed by atoms with Gasteiger partial charge in [0.05, 0.1) is 4.90 Å². The second-order valence-electron chi connectivity index (χ2n) is 7.47. The van der Waals surface area contributed by atoms with E-state index in [0.717, 1.165) is 17.7 Å². The van der Waals surface area contributed by atoms with Crippen molar-refractivity contribution in [3.05, 3.63) is 59.7 Å². The number of nitrogens with one attached hydrogen (secondary N) is 1. The first-order valence-electron chi connectivity index (χ1n) is 10.6. The molecule has 30 heavy (non-hydrogen) atoms. The molecule has 0 heterocycles. The predicted octanol–water partition coefficient (Wildman–Crippen LogP) is 2.93. The zero-order valence-electron chi connectivity index (χ0n) is 18.6. The molecule has 0 saturated carbocycles. The topological polar surface area (TPSA) is 83.1 Å². The minimum absolute atomic E-state index is 0.0124. The molecule has 3 N–H and O–H groups in total. The van der Waals surface area contributed by atoms with Gasteiger partial charge in [-0.1, -0.05) is 45.0 Å². The number of anilines is 1. The highest BCUT2D eigenvalue weighted by Gasteiger charge is 2.23. The maximum absolute atomic E-state index is 12.6. The molecule has 6 nitrogen and oxygen atoms in total. The molecule has 0 unspecified atom stereocenters. The standard InChI is InChI=1S/C23H33N3O3S/c1-6-19-9-13-21(14-10-19)25-23(27)18(5)24-17(4)20-11-15-22(16-12-20)30(28,29)26(7-2)8-3/h9-18,24H,6-8H2,1-5H3,(H,25,27)/p+1/t17-,18-/m1/s1. The molecule has 1 amide bonds. The van der Waals surface area contributed by atoms with Crippen molar-refractivity contribution >= 4 is 21.6 Å². The summed E-state index contributed by atoms with van der Waals surface area (Å²) >= 11 is 0. The number of quaternary nitrogens is 1. The highest BCUT2D eigenvalue weighted by molar-refractivity contribution is 7.89. The highest BCUT2D eigenvalue weighted by atomic mass is 32.2. The van der Waals surface area contributed by atoms with Crippen molar-refractivity contribution in [3.63, 3.8) is 0 Å². The molecule has 0 spiro atoms. The predicted molar refractivity (Wildman–Crippen MR) is 121 cm³/mol. The molecule has 0 aromatic heterocycles. The number of carbonyl (C=O) groups excluding carboxylic acids is 1. The molecule has 7 heteroatoms. The van der Waals surface area contributed by atoms with Crippen molar-refractivity contribution < 1.29 is 18.5 Å². The van der Waals surface area contributed by atoms with Gasteiger partial charge in [0.25, 0.3) is 5.91 Å². The van der Waals surface area contributed by atoms with Crippen LogP contribution in [0, 0.1) is 0 Å². The summed E-state index contributed by atoms with van der Waals surface area (Å²) in [5.41, 5.74) is 2.99. The number of hydrogen-bond acceptors (Lipinski definition) is 3. The smallest absolute Gasteiger partial charge is 0.282 e. The average Bonchev–Trinajstić information content (AvgIpc) is 2.75. The van der Waals surface area contributed by atoms with Crippen LogP contribution in [0.25, 0.3) is 0 Å². The Labute approximate surface area is 180 Å². The number of hydrogen-bond donors (Lipinski definition) is 2. The van der Waals surface area contributed by atoms with E-state index in [0.29, 0.717) is 18.0 Å². The molecule has 2 atom stereocenters. The van der Waals surface area contributed by atoms with Crippen LogP contribution in [-0.4, -0.2) is 37.8 Å². The van der Waals surface area contributed by atoms with Crippen molar-refractivity contribution in [1.29, 1.82) is 0 Å². The largest absolute Gasteiger partial charge is 0.330 e. The SMILES string of the molecule is CCc1ccc(NC(=O)[C@@H](C)[NH2+][C@H](C)c2ccc(S(=O)(=O)N(CC)CC)cc2)cc1. The van der Waals surface area contributed by atoms with Gasteiger partial charge >= 0.3 is 0 Å². The van der Waals surface area contributed by atoms with Gasteiger partial charge in [0.2, 0.25) is 10.0 Å². The monoisotopic (exact) mass is 432 g/mol. The van der Waals surface area contributed by atoms with Gasteiger partial charge < -0.3 is 10.6 Å². The number of sulfonamides is 1. The number of nitrogens with two attached hydrogens (primary N) is 1. The number of carbonyl (C=O) groups is 1. The molecule has 2 aromatic carbocycles. The number of aryl methyl sites for hydroxylation is 1. The first-order chi connectivity index (χ1) is 14.2. The van der Waals surface area contributed by atoms with E-state index in [4.69, 9.17) is 0 Å². The Hall–Kier alpha value is -2.22. The fraction of sp³-hybridized carbons (Fsp3) is 0.435. The molecule has 0 aliphatic heterocycles. The number of nitrogens with zero attached hydrogens (tertiary/aromatic N) is 1. The van der Waals surface area contributed by atoms with E-state index in [1.807, 2.05) is 69.4 Å². The van der Waals surface area contributed by atoms with E-state index in [1.54, 1.807) is 12.1 Å². The van der Waals surface area contributed by atoms with Crippen LogP contribution in [0.1, 0.15) is 51.8 Å². The summed E-state index contributed by atoms with van der Waals surface area (Å²) in [7, 11) is -3.46. The van der Waals surface area contributed by atoms with Crippen LogP contribution in [-0.2, 0) is 21.2 Å². The second-order valence-corrected chi connectivity index (χ2v) is 9.41. The summed E-state index contributed by atoms with van der Waals surface area (Å²) < 4.78 is 26.7. The maximum atomic E-state index is 12.6. The van der Waals surface area contributed by atoms with Crippen LogP contribution in [0.2, 0.25) is 0 Å². The van der Waals surface area contributed by atoms with Gasteiger partial charge in [-0.05, 0) is 50.1 Å². The summed E-state index contributed by atoms with van der Waals surface area (Å²) in [5, 5.41) is 4.92. The van der Waals surface area contributed by atoms with Gasteiger partial charge in [-0.2, -0.15) is 4.31 Å². The Morgan fingerprint density at radius 2 is 1.53 bits per heavy atom. The lowest BCUT2D eigenvalue weighted by Gasteiger charge is -2.20. The zero-order valence-corrected chi connectivity index (χ0v) is 19.4. The Morgan fingerprint density at radius 3 is 2.03 bits per heavy atom. The first kappa shape index (κ1) is 24.1. The molecule has 2 rings (SSSR count). The minimum Gasteiger partial charge on any atom is -0.330 e. The minimum atomic E-state index is -3.46.